The van der Waals surface area contributed by atoms with E-state index in [-0.39, 0.29) is 18.1 Å². The van der Waals surface area contributed by atoms with Gasteiger partial charge in [-0.2, -0.15) is 0 Å². The van der Waals surface area contributed by atoms with Crippen LogP contribution in [0.4, 0.5) is 0 Å². The lowest BCUT2D eigenvalue weighted by molar-refractivity contribution is -0.143. The molecule has 0 saturated carbocycles. The maximum atomic E-state index is 10.8. The van der Waals surface area contributed by atoms with Gasteiger partial charge in [0.1, 0.15) is 0 Å². The third kappa shape index (κ3) is 6.65. The van der Waals surface area contributed by atoms with E-state index in [0.717, 1.165) is 0 Å². The van der Waals surface area contributed by atoms with Gasteiger partial charge in [-0.1, -0.05) is 22.5 Å². The number of alkyl halides is 1. The quantitative estimate of drug-likeness (QED) is 0.329. The average molecular weight is 265 g/mol. The van der Waals surface area contributed by atoms with Gasteiger partial charge >= 0.3 is 11.9 Å². The number of hydrogen-bond acceptors (Lipinski definition) is 3. The first-order valence-corrected chi connectivity index (χ1v) is 5.32. The molecular formula is C9H13BrO4. The Morgan fingerprint density at radius 2 is 2.00 bits per heavy atom. The highest BCUT2D eigenvalue weighted by molar-refractivity contribution is 9.09. The van der Waals surface area contributed by atoms with E-state index in [1.165, 1.54) is 0 Å². The van der Waals surface area contributed by atoms with Crippen LogP contribution in [0.15, 0.2) is 12.2 Å². The number of carbonyl (C=O) groups is 2. The molecule has 0 unspecified atom stereocenters. The Kier molecular flexibility index (Phi) is 7.10. The van der Waals surface area contributed by atoms with E-state index in [1.807, 2.05) is 0 Å². The standard InChI is InChI=1S/C9H13BrO4/c1-7(9(12)13)3-2-6-14-8(11)4-5-10/h1-6H2,(H,12,13). The summed E-state index contributed by atoms with van der Waals surface area (Å²) in [4.78, 5) is 21.1. The number of carboxylic acids is 1. The van der Waals surface area contributed by atoms with Crippen molar-refractivity contribution in [2.45, 2.75) is 19.3 Å². The topological polar surface area (TPSA) is 63.6 Å². The number of carbonyl (C=O) groups excluding carboxylic acids is 1. The minimum Gasteiger partial charge on any atom is -0.478 e. The minimum absolute atomic E-state index is 0.140. The van der Waals surface area contributed by atoms with Crippen molar-refractivity contribution >= 4 is 27.9 Å². The Hall–Kier alpha value is -0.840. The van der Waals surface area contributed by atoms with Crippen molar-refractivity contribution in [2.75, 3.05) is 11.9 Å². The molecule has 0 atom stereocenters. The highest BCUT2D eigenvalue weighted by Gasteiger charge is 2.04. The average Bonchev–Trinajstić information content (AvgIpc) is 2.12. The van der Waals surface area contributed by atoms with Crippen LogP contribution >= 0.6 is 15.9 Å². The van der Waals surface area contributed by atoms with E-state index < -0.39 is 5.97 Å². The Balaban J connectivity index is 3.42. The van der Waals surface area contributed by atoms with Crippen molar-refractivity contribution in [3.8, 4) is 0 Å². The van der Waals surface area contributed by atoms with Crippen LogP contribution < -0.4 is 0 Å². The van der Waals surface area contributed by atoms with E-state index in [1.54, 1.807) is 0 Å². The molecule has 0 radical (unpaired) electrons. The fourth-order valence-corrected chi connectivity index (χ4v) is 1.05. The van der Waals surface area contributed by atoms with Gasteiger partial charge in [0, 0.05) is 10.9 Å². The molecule has 0 aliphatic heterocycles. The highest BCUT2D eigenvalue weighted by Crippen LogP contribution is 2.03. The van der Waals surface area contributed by atoms with E-state index in [0.29, 0.717) is 24.6 Å². The molecule has 5 heteroatoms. The lowest BCUT2D eigenvalue weighted by Gasteiger charge is -2.03. The third-order valence-corrected chi connectivity index (χ3v) is 1.88. The number of ether oxygens (including phenoxy) is 1. The lowest BCUT2D eigenvalue weighted by Crippen LogP contribution is -2.07. The first-order chi connectivity index (χ1) is 6.57. The number of esters is 1. The van der Waals surface area contributed by atoms with Crippen LogP contribution in [-0.4, -0.2) is 29.0 Å². The smallest absolute Gasteiger partial charge is 0.330 e. The third-order valence-electron chi connectivity index (χ3n) is 1.49. The van der Waals surface area contributed by atoms with Gasteiger partial charge in [0.15, 0.2) is 0 Å². The van der Waals surface area contributed by atoms with Gasteiger partial charge in [-0.05, 0) is 12.8 Å². The number of carboxylic acid groups (broad SMARTS) is 1. The zero-order valence-corrected chi connectivity index (χ0v) is 9.38. The van der Waals surface area contributed by atoms with Gasteiger partial charge in [-0.25, -0.2) is 4.79 Å². The van der Waals surface area contributed by atoms with Gasteiger partial charge in [0.2, 0.25) is 0 Å². The number of rotatable bonds is 7. The van der Waals surface area contributed by atoms with Crippen molar-refractivity contribution in [1.29, 1.82) is 0 Å². The predicted molar refractivity (Wildman–Crippen MR) is 55.4 cm³/mol. The molecule has 0 amide bonds. The predicted octanol–water partition coefficient (Wildman–Crippen LogP) is 1.74. The normalized spacial score (nSPS) is 9.50. The Morgan fingerprint density at radius 1 is 1.36 bits per heavy atom. The van der Waals surface area contributed by atoms with Crippen molar-refractivity contribution < 1.29 is 19.4 Å². The molecule has 1 N–H and O–H groups in total. The summed E-state index contributed by atoms with van der Waals surface area (Å²) < 4.78 is 4.81. The minimum atomic E-state index is -1.00. The molecule has 0 bridgehead atoms. The van der Waals surface area contributed by atoms with Crippen LogP contribution in [0.2, 0.25) is 0 Å². The molecule has 14 heavy (non-hydrogen) atoms. The van der Waals surface area contributed by atoms with Crippen LogP contribution in [-0.2, 0) is 14.3 Å². The Labute approximate surface area is 91.1 Å². The summed E-state index contributed by atoms with van der Waals surface area (Å²) in [6, 6.07) is 0. The number of hydrogen-bond donors (Lipinski definition) is 1. The van der Waals surface area contributed by atoms with Crippen LogP contribution in [0.5, 0.6) is 0 Å². The maximum Gasteiger partial charge on any atom is 0.330 e. The van der Waals surface area contributed by atoms with E-state index in [9.17, 15) is 9.59 Å². The Morgan fingerprint density at radius 3 is 2.50 bits per heavy atom. The molecular weight excluding hydrogens is 252 g/mol. The highest BCUT2D eigenvalue weighted by atomic mass is 79.9. The summed E-state index contributed by atoms with van der Waals surface area (Å²) in [5.74, 6) is -1.28. The maximum absolute atomic E-state index is 10.8. The van der Waals surface area contributed by atoms with Crippen molar-refractivity contribution in [3.63, 3.8) is 0 Å². The lowest BCUT2D eigenvalue weighted by atomic mass is 10.2. The van der Waals surface area contributed by atoms with E-state index in [2.05, 4.69) is 22.5 Å². The number of halogens is 1. The van der Waals surface area contributed by atoms with Crippen LogP contribution in [0.3, 0.4) is 0 Å². The molecule has 4 nitrogen and oxygen atoms in total. The summed E-state index contributed by atoms with van der Waals surface area (Å²) in [6.07, 6.45) is 1.18. The fourth-order valence-electron chi connectivity index (χ4n) is 0.728. The molecule has 0 spiro atoms. The largest absolute Gasteiger partial charge is 0.478 e. The number of aliphatic carboxylic acids is 1. The van der Waals surface area contributed by atoms with Crippen LogP contribution in [0.25, 0.3) is 0 Å². The van der Waals surface area contributed by atoms with Gasteiger partial charge < -0.3 is 9.84 Å². The van der Waals surface area contributed by atoms with Gasteiger partial charge in [-0.15, -0.1) is 0 Å². The second-order valence-corrected chi connectivity index (χ2v) is 3.46. The molecule has 0 fully saturated rings. The molecule has 0 aliphatic rings. The molecule has 80 valence electrons. The molecule has 0 aromatic heterocycles. The van der Waals surface area contributed by atoms with E-state index >= 15 is 0 Å². The zero-order chi connectivity index (χ0) is 11.0. The summed E-state index contributed by atoms with van der Waals surface area (Å²) >= 11 is 3.11. The first kappa shape index (κ1) is 13.2. The van der Waals surface area contributed by atoms with Crippen LogP contribution in [0, 0.1) is 0 Å². The van der Waals surface area contributed by atoms with Crippen molar-refractivity contribution in [2.24, 2.45) is 0 Å². The summed E-state index contributed by atoms with van der Waals surface area (Å²) in [6.45, 7) is 3.61. The summed E-state index contributed by atoms with van der Waals surface area (Å²) in [5, 5.41) is 9.04. The fraction of sp³-hybridized carbons (Fsp3) is 0.556. The van der Waals surface area contributed by atoms with Crippen molar-refractivity contribution in [3.05, 3.63) is 12.2 Å². The second kappa shape index (κ2) is 7.55. The van der Waals surface area contributed by atoms with Gasteiger partial charge in [-0.3, -0.25) is 4.79 Å². The van der Waals surface area contributed by atoms with E-state index in [4.69, 9.17) is 9.84 Å². The summed E-state index contributed by atoms with van der Waals surface area (Å²) in [7, 11) is 0. The summed E-state index contributed by atoms with van der Waals surface area (Å²) in [5.41, 5.74) is 0.140. The van der Waals surface area contributed by atoms with Gasteiger partial charge in [0.25, 0.3) is 0 Å². The Bertz CT molecular complexity index is 225. The second-order valence-electron chi connectivity index (χ2n) is 2.67. The zero-order valence-electron chi connectivity index (χ0n) is 7.79. The first-order valence-electron chi connectivity index (χ1n) is 4.20. The molecule has 0 heterocycles. The monoisotopic (exact) mass is 264 g/mol. The molecule has 0 rings (SSSR count). The van der Waals surface area contributed by atoms with Gasteiger partial charge in [0.05, 0.1) is 13.0 Å². The van der Waals surface area contributed by atoms with Crippen molar-refractivity contribution in [1.82, 2.24) is 0 Å². The molecule has 0 saturated heterocycles. The molecule has 0 aromatic rings. The SMILES string of the molecule is C=C(CCCOC(=O)CCBr)C(=O)O. The van der Waals surface area contributed by atoms with Crippen LogP contribution in [0.1, 0.15) is 19.3 Å². The molecule has 0 aliphatic carbocycles. The molecule has 0 aromatic carbocycles.